The second-order valence-electron chi connectivity index (χ2n) is 5.84. The van der Waals surface area contributed by atoms with Gasteiger partial charge in [0, 0.05) is 44.0 Å². The van der Waals surface area contributed by atoms with Gasteiger partial charge in [-0.25, -0.2) is 4.68 Å². The van der Waals surface area contributed by atoms with Crippen molar-refractivity contribution in [2.75, 3.05) is 39.3 Å². The highest BCUT2D eigenvalue weighted by Gasteiger charge is 2.19. The maximum absolute atomic E-state index is 12.8. The van der Waals surface area contributed by atoms with E-state index >= 15 is 0 Å². The SMILES string of the molecule is Cc1nn(C(F)F)c(C)c1CC(=O)NCCCN1CCNCC1.Cl. The van der Waals surface area contributed by atoms with E-state index in [1.165, 1.54) is 0 Å². The Kier molecular flexibility index (Phi) is 8.58. The van der Waals surface area contributed by atoms with Gasteiger partial charge in [-0.15, -0.1) is 12.4 Å². The minimum Gasteiger partial charge on any atom is -0.356 e. The fraction of sp³-hybridized carbons (Fsp3) is 0.733. The number of carbonyl (C=O) groups is 1. The second kappa shape index (κ2) is 9.90. The van der Waals surface area contributed by atoms with Crippen LogP contribution in [0.25, 0.3) is 0 Å². The van der Waals surface area contributed by atoms with Gasteiger partial charge in [0.2, 0.25) is 5.91 Å². The van der Waals surface area contributed by atoms with Crippen molar-refractivity contribution in [2.45, 2.75) is 33.2 Å². The van der Waals surface area contributed by atoms with Crippen LogP contribution in [0.3, 0.4) is 0 Å². The minimum atomic E-state index is -2.68. The Balaban J connectivity index is 0.00000288. The molecule has 1 aromatic heterocycles. The Hall–Kier alpha value is -1.25. The fourth-order valence-corrected chi connectivity index (χ4v) is 2.83. The normalized spacial score (nSPS) is 15.4. The van der Waals surface area contributed by atoms with Gasteiger partial charge in [0.15, 0.2) is 0 Å². The lowest BCUT2D eigenvalue weighted by Crippen LogP contribution is -2.44. The summed E-state index contributed by atoms with van der Waals surface area (Å²) in [4.78, 5) is 14.4. The lowest BCUT2D eigenvalue weighted by atomic mass is 10.1. The molecule has 2 N–H and O–H groups in total. The molecule has 0 saturated carbocycles. The van der Waals surface area contributed by atoms with Gasteiger partial charge in [-0.1, -0.05) is 0 Å². The van der Waals surface area contributed by atoms with E-state index in [4.69, 9.17) is 0 Å². The summed E-state index contributed by atoms with van der Waals surface area (Å²) >= 11 is 0. The fourth-order valence-electron chi connectivity index (χ4n) is 2.83. The van der Waals surface area contributed by atoms with Gasteiger partial charge in [-0.2, -0.15) is 13.9 Å². The summed E-state index contributed by atoms with van der Waals surface area (Å²) in [6.45, 7) is 6.21. The number of alkyl halides is 2. The number of piperazine rings is 1. The summed E-state index contributed by atoms with van der Waals surface area (Å²) in [5, 5.41) is 9.95. The van der Waals surface area contributed by atoms with Crippen molar-refractivity contribution in [1.82, 2.24) is 25.3 Å². The van der Waals surface area contributed by atoms with Crippen LogP contribution in [0, 0.1) is 13.8 Å². The molecule has 1 saturated heterocycles. The zero-order chi connectivity index (χ0) is 16.8. The molecule has 9 heteroatoms. The van der Waals surface area contributed by atoms with Crippen molar-refractivity contribution < 1.29 is 13.6 Å². The Bertz CT molecular complexity index is 532. The Morgan fingerprint density at radius 2 is 2.00 bits per heavy atom. The van der Waals surface area contributed by atoms with E-state index in [1.54, 1.807) is 13.8 Å². The van der Waals surface area contributed by atoms with Gasteiger partial charge >= 0.3 is 6.55 Å². The second-order valence-corrected chi connectivity index (χ2v) is 5.84. The van der Waals surface area contributed by atoms with Gasteiger partial charge in [0.05, 0.1) is 12.1 Å². The summed E-state index contributed by atoms with van der Waals surface area (Å²) in [6, 6.07) is 0. The van der Waals surface area contributed by atoms with Gasteiger partial charge < -0.3 is 15.5 Å². The molecular weight excluding hydrogens is 340 g/mol. The van der Waals surface area contributed by atoms with Crippen LogP contribution in [0.5, 0.6) is 0 Å². The number of hydrogen-bond donors (Lipinski definition) is 2. The smallest absolute Gasteiger partial charge is 0.333 e. The third-order valence-corrected chi connectivity index (χ3v) is 4.18. The molecule has 0 aliphatic carbocycles. The molecule has 1 aliphatic heterocycles. The molecule has 0 radical (unpaired) electrons. The van der Waals surface area contributed by atoms with Crippen molar-refractivity contribution in [3.63, 3.8) is 0 Å². The van der Waals surface area contributed by atoms with Gasteiger partial charge in [-0.3, -0.25) is 4.79 Å². The number of rotatable bonds is 7. The van der Waals surface area contributed by atoms with Crippen LogP contribution >= 0.6 is 12.4 Å². The number of nitrogens with zero attached hydrogens (tertiary/aromatic N) is 3. The molecule has 0 unspecified atom stereocenters. The topological polar surface area (TPSA) is 62.2 Å². The van der Waals surface area contributed by atoms with E-state index in [0.717, 1.165) is 39.1 Å². The van der Waals surface area contributed by atoms with E-state index in [1.807, 2.05) is 0 Å². The first-order valence-electron chi connectivity index (χ1n) is 8.01. The maximum Gasteiger partial charge on any atom is 0.333 e. The zero-order valence-corrected chi connectivity index (χ0v) is 15.0. The average Bonchev–Trinajstić information content (AvgIpc) is 2.81. The predicted molar refractivity (Wildman–Crippen MR) is 90.8 cm³/mol. The van der Waals surface area contributed by atoms with E-state index in [0.29, 0.717) is 28.2 Å². The third kappa shape index (κ3) is 5.68. The first kappa shape index (κ1) is 20.8. The minimum absolute atomic E-state index is 0. The van der Waals surface area contributed by atoms with Crippen LogP contribution < -0.4 is 10.6 Å². The first-order valence-corrected chi connectivity index (χ1v) is 8.01. The van der Waals surface area contributed by atoms with Crippen molar-refractivity contribution in [3.05, 3.63) is 17.0 Å². The quantitative estimate of drug-likeness (QED) is 0.714. The Morgan fingerprint density at radius 3 is 2.58 bits per heavy atom. The van der Waals surface area contributed by atoms with Crippen molar-refractivity contribution in [2.24, 2.45) is 0 Å². The molecule has 0 spiro atoms. The Morgan fingerprint density at radius 1 is 1.33 bits per heavy atom. The van der Waals surface area contributed by atoms with Crippen LogP contribution in [0.15, 0.2) is 0 Å². The van der Waals surface area contributed by atoms with Crippen LogP contribution in [0.4, 0.5) is 8.78 Å². The number of halogens is 3. The van der Waals surface area contributed by atoms with Gasteiger partial charge in [-0.05, 0) is 26.8 Å². The predicted octanol–water partition coefficient (Wildman–Crippen LogP) is 1.27. The van der Waals surface area contributed by atoms with E-state index in [2.05, 4.69) is 20.6 Å². The number of carbonyl (C=O) groups excluding carboxylic acids is 1. The lowest BCUT2D eigenvalue weighted by Gasteiger charge is -2.27. The monoisotopic (exact) mass is 365 g/mol. The van der Waals surface area contributed by atoms with Crippen molar-refractivity contribution in [1.29, 1.82) is 0 Å². The van der Waals surface area contributed by atoms with Crippen LogP contribution in [-0.2, 0) is 11.2 Å². The van der Waals surface area contributed by atoms with E-state index in [-0.39, 0.29) is 24.7 Å². The molecule has 1 fully saturated rings. The molecule has 138 valence electrons. The zero-order valence-electron chi connectivity index (χ0n) is 14.1. The molecule has 1 aliphatic rings. The van der Waals surface area contributed by atoms with Gasteiger partial charge in [0.25, 0.3) is 0 Å². The largest absolute Gasteiger partial charge is 0.356 e. The van der Waals surface area contributed by atoms with Crippen LogP contribution in [-0.4, -0.2) is 59.9 Å². The third-order valence-electron chi connectivity index (χ3n) is 4.18. The average molecular weight is 366 g/mol. The van der Waals surface area contributed by atoms with Crippen LogP contribution in [0.2, 0.25) is 0 Å². The number of aryl methyl sites for hydroxylation is 1. The number of aromatic nitrogens is 2. The highest BCUT2D eigenvalue weighted by molar-refractivity contribution is 5.85. The molecule has 2 heterocycles. The summed E-state index contributed by atoms with van der Waals surface area (Å²) in [5.74, 6) is -0.148. The molecule has 0 aromatic carbocycles. The number of nitrogens with one attached hydrogen (secondary N) is 2. The van der Waals surface area contributed by atoms with Crippen molar-refractivity contribution >= 4 is 18.3 Å². The molecule has 1 aromatic rings. The molecule has 1 amide bonds. The molecule has 2 rings (SSSR count). The number of amides is 1. The lowest BCUT2D eigenvalue weighted by molar-refractivity contribution is -0.120. The molecule has 6 nitrogen and oxygen atoms in total. The number of hydrogen-bond acceptors (Lipinski definition) is 4. The molecular formula is C15H26ClF2N5O. The molecule has 24 heavy (non-hydrogen) atoms. The Labute approximate surface area is 147 Å². The maximum atomic E-state index is 12.8. The summed E-state index contributed by atoms with van der Waals surface area (Å²) < 4.78 is 26.2. The van der Waals surface area contributed by atoms with Crippen LogP contribution in [0.1, 0.15) is 29.9 Å². The highest BCUT2D eigenvalue weighted by atomic mass is 35.5. The first-order chi connectivity index (χ1) is 11.0. The van der Waals surface area contributed by atoms with Crippen molar-refractivity contribution in [3.8, 4) is 0 Å². The summed E-state index contributed by atoms with van der Waals surface area (Å²) in [6.07, 6.45) is 0.984. The highest BCUT2D eigenvalue weighted by Crippen LogP contribution is 2.19. The summed E-state index contributed by atoms with van der Waals surface area (Å²) in [7, 11) is 0. The molecule has 0 atom stereocenters. The summed E-state index contributed by atoms with van der Waals surface area (Å²) in [5.41, 5.74) is 1.43. The van der Waals surface area contributed by atoms with E-state index < -0.39 is 6.55 Å². The standard InChI is InChI=1S/C15H25F2N5O.ClH/c1-11-13(12(2)22(20-11)15(16)17)10-14(23)19-4-3-7-21-8-5-18-6-9-21;/h15,18H,3-10H2,1-2H3,(H,19,23);1H. The van der Waals surface area contributed by atoms with E-state index in [9.17, 15) is 13.6 Å². The molecule has 0 bridgehead atoms. The van der Waals surface area contributed by atoms with Gasteiger partial charge in [0.1, 0.15) is 0 Å².